The highest BCUT2D eigenvalue weighted by atomic mass is 127. The van der Waals surface area contributed by atoms with Crippen LogP contribution in [-0.2, 0) is 4.79 Å². The smallest absolute Gasteiger partial charge is 0.135 e. The van der Waals surface area contributed by atoms with Crippen LogP contribution in [0.2, 0.25) is 0 Å². The highest BCUT2D eigenvalue weighted by molar-refractivity contribution is 14.1. The average molecular weight is 198 g/mol. The molecule has 0 unspecified atom stereocenters. The molecule has 0 atom stereocenters. The van der Waals surface area contributed by atoms with Crippen molar-refractivity contribution in [3.8, 4) is 0 Å². The van der Waals surface area contributed by atoms with Crippen LogP contribution in [0.15, 0.2) is 0 Å². The van der Waals surface area contributed by atoms with Crippen molar-refractivity contribution in [2.45, 2.75) is 17.3 Å². The SMILES string of the molecule is CC(C)(I)C=O. The lowest BCUT2D eigenvalue weighted by Gasteiger charge is -2.00. The second kappa shape index (κ2) is 1.91. The summed E-state index contributed by atoms with van der Waals surface area (Å²) in [7, 11) is 0. The van der Waals surface area contributed by atoms with E-state index in [9.17, 15) is 4.79 Å². The first kappa shape index (κ1) is 6.40. The highest BCUT2D eigenvalue weighted by Gasteiger charge is 2.07. The van der Waals surface area contributed by atoms with Crippen molar-refractivity contribution in [3.63, 3.8) is 0 Å². The summed E-state index contributed by atoms with van der Waals surface area (Å²) >= 11 is 2.07. The van der Waals surface area contributed by atoms with Gasteiger partial charge < -0.3 is 4.79 Å². The second-order valence-electron chi connectivity index (χ2n) is 1.68. The Hall–Kier alpha value is 0.400. The zero-order chi connectivity index (χ0) is 5.21. The monoisotopic (exact) mass is 198 g/mol. The Balaban J connectivity index is 3.45. The Morgan fingerprint density at radius 3 is 1.83 bits per heavy atom. The summed E-state index contributed by atoms with van der Waals surface area (Å²) in [4.78, 5) is 9.82. The molecule has 1 nitrogen and oxygen atoms in total. The number of carbonyl (C=O) groups is 1. The first-order valence-electron chi connectivity index (χ1n) is 1.71. The highest BCUT2D eigenvalue weighted by Crippen LogP contribution is 2.10. The van der Waals surface area contributed by atoms with Crippen molar-refractivity contribution >= 4 is 28.9 Å². The van der Waals surface area contributed by atoms with E-state index in [-0.39, 0.29) is 3.42 Å². The van der Waals surface area contributed by atoms with Crippen molar-refractivity contribution in [3.05, 3.63) is 0 Å². The normalized spacial score (nSPS) is 11.2. The zero-order valence-corrected chi connectivity index (χ0v) is 6.02. The van der Waals surface area contributed by atoms with Gasteiger partial charge in [-0.1, -0.05) is 22.6 Å². The maximum absolute atomic E-state index is 9.82. The first-order chi connectivity index (χ1) is 2.56. The van der Waals surface area contributed by atoms with Crippen molar-refractivity contribution in [1.29, 1.82) is 0 Å². The van der Waals surface area contributed by atoms with Crippen molar-refractivity contribution in [1.82, 2.24) is 0 Å². The molecule has 0 aromatic rings. The summed E-state index contributed by atoms with van der Waals surface area (Å²) in [6.07, 6.45) is 0.924. The lowest BCUT2D eigenvalue weighted by molar-refractivity contribution is -0.108. The number of hydrogen-bond donors (Lipinski definition) is 0. The molecular weight excluding hydrogens is 191 g/mol. The molecule has 0 aliphatic carbocycles. The predicted octanol–water partition coefficient (Wildman–Crippen LogP) is 1.40. The number of carbonyl (C=O) groups excluding carboxylic acids is 1. The molecule has 0 heterocycles. The third-order valence-corrected chi connectivity index (χ3v) is 0.535. The Kier molecular flexibility index (Phi) is 2.04. The van der Waals surface area contributed by atoms with Gasteiger partial charge in [-0.05, 0) is 13.8 Å². The van der Waals surface area contributed by atoms with E-state index in [0.29, 0.717) is 0 Å². The third-order valence-electron chi connectivity index (χ3n) is 0.280. The van der Waals surface area contributed by atoms with Gasteiger partial charge in [0.05, 0.1) is 3.42 Å². The number of alkyl halides is 1. The van der Waals surface area contributed by atoms with Gasteiger partial charge in [-0.3, -0.25) is 0 Å². The van der Waals surface area contributed by atoms with Gasteiger partial charge in [-0.2, -0.15) is 0 Å². The fourth-order valence-corrected chi connectivity index (χ4v) is 0. The summed E-state index contributed by atoms with van der Waals surface area (Å²) in [5.74, 6) is 0. The Morgan fingerprint density at radius 2 is 1.83 bits per heavy atom. The van der Waals surface area contributed by atoms with Gasteiger partial charge in [-0.15, -0.1) is 0 Å². The lowest BCUT2D eigenvalue weighted by Crippen LogP contribution is -2.08. The van der Waals surface area contributed by atoms with Gasteiger partial charge in [0.2, 0.25) is 0 Å². The largest absolute Gasteiger partial charge is 0.302 e. The minimum absolute atomic E-state index is 0.169. The maximum Gasteiger partial charge on any atom is 0.135 e. The molecule has 0 rings (SSSR count). The summed E-state index contributed by atoms with van der Waals surface area (Å²) in [6.45, 7) is 3.72. The third kappa shape index (κ3) is 4.40. The van der Waals surface area contributed by atoms with Crippen LogP contribution in [0.25, 0.3) is 0 Å². The minimum atomic E-state index is -0.169. The summed E-state index contributed by atoms with van der Waals surface area (Å²) in [5.41, 5.74) is 0. The van der Waals surface area contributed by atoms with Gasteiger partial charge >= 0.3 is 0 Å². The molecule has 0 bridgehead atoms. The topological polar surface area (TPSA) is 17.1 Å². The van der Waals surface area contributed by atoms with Crippen LogP contribution in [-0.4, -0.2) is 9.71 Å². The quantitative estimate of drug-likeness (QED) is 0.353. The maximum atomic E-state index is 9.82. The fourth-order valence-electron chi connectivity index (χ4n) is 0. The number of hydrogen-bond acceptors (Lipinski definition) is 1. The van der Waals surface area contributed by atoms with Crippen LogP contribution < -0.4 is 0 Å². The van der Waals surface area contributed by atoms with E-state index in [2.05, 4.69) is 22.6 Å². The average Bonchev–Trinajstić information content (AvgIpc) is 1.35. The van der Waals surface area contributed by atoms with Gasteiger partial charge in [0.1, 0.15) is 6.29 Å². The van der Waals surface area contributed by atoms with Crippen LogP contribution >= 0.6 is 22.6 Å². The van der Waals surface area contributed by atoms with Crippen LogP contribution in [0, 0.1) is 0 Å². The summed E-state index contributed by atoms with van der Waals surface area (Å²) in [6, 6.07) is 0. The molecule has 0 saturated carbocycles. The van der Waals surface area contributed by atoms with Crippen LogP contribution in [0.5, 0.6) is 0 Å². The molecule has 36 valence electrons. The van der Waals surface area contributed by atoms with E-state index in [0.717, 1.165) is 6.29 Å². The van der Waals surface area contributed by atoms with Gasteiger partial charge in [0, 0.05) is 0 Å². The molecule has 0 aliphatic rings. The van der Waals surface area contributed by atoms with Crippen molar-refractivity contribution < 1.29 is 4.79 Å². The molecule has 0 saturated heterocycles. The molecule has 0 amide bonds. The molecule has 0 radical (unpaired) electrons. The van der Waals surface area contributed by atoms with E-state index in [1.165, 1.54) is 0 Å². The molecule has 0 spiro atoms. The Labute approximate surface area is 51.3 Å². The number of aldehydes is 1. The molecule has 2 heteroatoms. The van der Waals surface area contributed by atoms with E-state index >= 15 is 0 Å². The molecular formula is C4H7IO. The molecule has 0 N–H and O–H groups in total. The van der Waals surface area contributed by atoms with E-state index in [4.69, 9.17) is 0 Å². The standard InChI is InChI=1S/C4H7IO/c1-4(2,5)3-6/h3H,1-2H3. The van der Waals surface area contributed by atoms with E-state index in [1.54, 1.807) is 0 Å². The van der Waals surface area contributed by atoms with Crippen LogP contribution in [0.3, 0.4) is 0 Å². The minimum Gasteiger partial charge on any atom is -0.302 e. The summed E-state index contributed by atoms with van der Waals surface area (Å²) in [5, 5.41) is 0. The summed E-state index contributed by atoms with van der Waals surface area (Å²) < 4.78 is -0.169. The lowest BCUT2D eigenvalue weighted by atomic mass is 10.3. The van der Waals surface area contributed by atoms with Crippen molar-refractivity contribution in [2.75, 3.05) is 0 Å². The van der Waals surface area contributed by atoms with Crippen LogP contribution in [0.1, 0.15) is 13.8 Å². The molecule has 6 heavy (non-hydrogen) atoms. The first-order valence-corrected chi connectivity index (χ1v) is 2.79. The van der Waals surface area contributed by atoms with E-state index in [1.807, 2.05) is 13.8 Å². The van der Waals surface area contributed by atoms with Gasteiger partial charge in [0.25, 0.3) is 0 Å². The Bertz CT molecular complexity index is 53.1. The van der Waals surface area contributed by atoms with E-state index < -0.39 is 0 Å². The molecule has 0 aromatic heterocycles. The van der Waals surface area contributed by atoms with Crippen LogP contribution in [0.4, 0.5) is 0 Å². The number of halogens is 1. The zero-order valence-electron chi connectivity index (χ0n) is 3.86. The van der Waals surface area contributed by atoms with Gasteiger partial charge in [0.15, 0.2) is 0 Å². The van der Waals surface area contributed by atoms with Gasteiger partial charge in [-0.25, -0.2) is 0 Å². The predicted molar refractivity (Wildman–Crippen MR) is 34.2 cm³/mol. The second-order valence-corrected chi connectivity index (χ2v) is 4.46. The molecule has 0 aromatic carbocycles. The number of rotatable bonds is 1. The molecule has 0 fully saturated rings. The molecule has 0 aliphatic heterocycles. The fraction of sp³-hybridized carbons (Fsp3) is 0.750. The Morgan fingerprint density at radius 1 is 1.67 bits per heavy atom. The van der Waals surface area contributed by atoms with Crippen molar-refractivity contribution in [2.24, 2.45) is 0 Å².